The fourth-order valence-electron chi connectivity index (χ4n) is 1.81. The fourth-order valence-corrected chi connectivity index (χ4v) is 2.04. The van der Waals surface area contributed by atoms with Crippen LogP contribution in [0.5, 0.6) is 0 Å². The van der Waals surface area contributed by atoms with Gasteiger partial charge in [-0.25, -0.2) is 0 Å². The molecule has 0 amide bonds. The van der Waals surface area contributed by atoms with Gasteiger partial charge < -0.3 is 10.3 Å². The summed E-state index contributed by atoms with van der Waals surface area (Å²) in [4.78, 5) is 0. The quantitative estimate of drug-likeness (QED) is 0.870. The Morgan fingerprint density at radius 2 is 2.12 bits per heavy atom. The summed E-state index contributed by atoms with van der Waals surface area (Å²) in [5.74, 6) is 0. The van der Waals surface area contributed by atoms with E-state index in [1.54, 1.807) is 0 Å². The van der Waals surface area contributed by atoms with Crippen LogP contribution in [-0.2, 0) is 6.42 Å². The number of halogens is 1. The van der Waals surface area contributed by atoms with Crippen molar-refractivity contribution >= 4 is 11.6 Å². The summed E-state index contributed by atoms with van der Waals surface area (Å²) in [5, 5.41) is 0.774. The van der Waals surface area contributed by atoms with Crippen molar-refractivity contribution in [3.05, 3.63) is 52.8 Å². The normalized spacial score (nSPS) is 10.7. The van der Waals surface area contributed by atoms with Gasteiger partial charge in [-0.2, -0.15) is 0 Å². The number of hydrogen-bond acceptors (Lipinski definition) is 1. The van der Waals surface area contributed by atoms with E-state index in [-0.39, 0.29) is 0 Å². The van der Waals surface area contributed by atoms with Crippen molar-refractivity contribution in [1.29, 1.82) is 0 Å². The Hall–Kier alpha value is -1.25. The fraction of sp³-hybridized carbons (Fsp3) is 0.231. The Morgan fingerprint density at radius 1 is 1.31 bits per heavy atom. The minimum atomic E-state index is 0.684. The van der Waals surface area contributed by atoms with Gasteiger partial charge in [0.1, 0.15) is 0 Å². The number of aromatic nitrogens is 1. The van der Waals surface area contributed by atoms with Gasteiger partial charge in [0.2, 0.25) is 0 Å². The predicted molar refractivity (Wildman–Crippen MR) is 68.3 cm³/mol. The molecule has 16 heavy (non-hydrogen) atoms. The van der Waals surface area contributed by atoms with Crippen LogP contribution < -0.4 is 5.73 Å². The van der Waals surface area contributed by atoms with E-state index in [1.165, 1.54) is 11.1 Å². The third-order valence-corrected chi connectivity index (χ3v) is 2.86. The molecule has 84 valence electrons. The molecule has 0 atom stereocenters. The first-order chi connectivity index (χ1) is 7.70. The molecular weight excluding hydrogens is 220 g/mol. The van der Waals surface area contributed by atoms with Crippen LogP contribution in [-0.4, -0.2) is 11.1 Å². The van der Waals surface area contributed by atoms with Crippen LogP contribution >= 0.6 is 11.6 Å². The maximum atomic E-state index is 5.93. The molecule has 0 spiro atoms. The highest BCUT2D eigenvalue weighted by Crippen LogP contribution is 2.19. The Labute approximate surface area is 101 Å². The van der Waals surface area contributed by atoms with Crippen LogP contribution in [0.4, 0.5) is 0 Å². The summed E-state index contributed by atoms with van der Waals surface area (Å²) < 4.78 is 2.11. The highest BCUT2D eigenvalue weighted by Gasteiger charge is 2.02. The van der Waals surface area contributed by atoms with Gasteiger partial charge in [0, 0.05) is 23.1 Å². The summed E-state index contributed by atoms with van der Waals surface area (Å²) in [6.45, 7) is 2.74. The molecule has 0 aliphatic heterocycles. The first kappa shape index (κ1) is 11.2. The minimum Gasteiger partial charge on any atom is -0.330 e. The number of hydrogen-bond donors (Lipinski definition) is 1. The summed E-state index contributed by atoms with van der Waals surface area (Å²) in [7, 11) is 0. The number of aryl methyl sites for hydroxylation is 1. The second kappa shape index (κ2) is 4.73. The zero-order valence-electron chi connectivity index (χ0n) is 9.28. The molecule has 1 aromatic heterocycles. The number of rotatable bonds is 3. The Kier molecular flexibility index (Phi) is 3.32. The van der Waals surface area contributed by atoms with Crippen LogP contribution in [0.25, 0.3) is 5.69 Å². The molecule has 0 radical (unpaired) electrons. The second-order valence-electron chi connectivity index (χ2n) is 3.90. The van der Waals surface area contributed by atoms with Crippen molar-refractivity contribution in [2.24, 2.45) is 5.73 Å². The summed E-state index contributed by atoms with van der Waals surface area (Å²) in [5.41, 5.74) is 9.12. The molecule has 2 aromatic rings. The average Bonchev–Trinajstić information content (AvgIpc) is 2.67. The van der Waals surface area contributed by atoms with E-state index in [0.29, 0.717) is 6.54 Å². The maximum Gasteiger partial charge on any atom is 0.0479 e. The first-order valence-corrected chi connectivity index (χ1v) is 5.72. The third-order valence-electron chi connectivity index (χ3n) is 2.62. The van der Waals surface area contributed by atoms with Gasteiger partial charge in [-0.15, -0.1) is 0 Å². The van der Waals surface area contributed by atoms with E-state index in [0.717, 1.165) is 17.1 Å². The van der Waals surface area contributed by atoms with Crippen LogP contribution in [0.1, 0.15) is 11.1 Å². The van der Waals surface area contributed by atoms with Gasteiger partial charge in [-0.05, 0) is 55.3 Å². The molecule has 3 heteroatoms. The SMILES string of the molecule is Cc1cc(Cl)ccc1-n1ccc(CCN)c1. The van der Waals surface area contributed by atoms with Crippen molar-refractivity contribution < 1.29 is 0 Å². The van der Waals surface area contributed by atoms with Crippen molar-refractivity contribution in [3.63, 3.8) is 0 Å². The molecule has 1 aromatic carbocycles. The van der Waals surface area contributed by atoms with E-state index in [9.17, 15) is 0 Å². The van der Waals surface area contributed by atoms with E-state index in [1.807, 2.05) is 18.2 Å². The van der Waals surface area contributed by atoms with E-state index < -0.39 is 0 Å². The molecule has 0 aliphatic carbocycles. The third kappa shape index (κ3) is 2.29. The van der Waals surface area contributed by atoms with Crippen LogP contribution in [0.3, 0.4) is 0 Å². The number of nitrogens with two attached hydrogens (primary N) is 1. The van der Waals surface area contributed by atoms with Crippen molar-refractivity contribution in [2.45, 2.75) is 13.3 Å². The van der Waals surface area contributed by atoms with Gasteiger partial charge in [0.15, 0.2) is 0 Å². The van der Waals surface area contributed by atoms with Crippen LogP contribution in [0.2, 0.25) is 5.02 Å². The monoisotopic (exact) mass is 234 g/mol. The molecule has 0 fully saturated rings. The minimum absolute atomic E-state index is 0.684. The Bertz CT molecular complexity index is 488. The molecule has 0 bridgehead atoms. The maximum absolute atomic E-state index is 5.93. The Morgan fingerprint density at radius 3 is 2.81 bits per heavy atom. The highest BCUT2D eigenvalue weighted by atomic mass is 35.5. The first-order valence-electron chi connectivity index (χ1n) is 5.34. The van der Waals surface area contributed by atoms with E-state index in [2.05, 4.69) is 30.0 Å². The van der Waals surface area contributed by atoms with E-state index in [4.69, 9.17) is 17.3 Å². The standard InChI is InChI=1S/C13H15ClN2/c1-10-8-12(14)2-3-13(10)16-7-5-11(9-16)4-6-15/h2-3,5,7-9H,4,6,15H2,1H3. The average molecular weight is 235 g/mol. The lowest BCUT2D eigenvalue weighted by Crippen LogP contribution is -2.01. The molecule has 0 aliphatic rings. The summed E-state index contributed by atoms with van der Waals surface area (Å²) in [6.07, 6.45) is 5.09. The van der Waals surface area contributed by atoms with Gasteiger partial charge in [-0.1, -0.05) is 11.6 Å². The molecule has 0 saturated heterocycles. The smallest absolute Gasteiger partial charge is 0.0479 e. The summed E-state index contributed by atoms with van der Waals surface area (Å²) >= 11 is 5.93. The molecule has 0 saturated carbocycles. The van der Waals surface area contributed by atoms with E-state index >= 15 is 0 Å². The largest absolute Gasteiger partial charge is 0.330 e. The lowest BCUT2D eigenvalue weighted by atomic mass is 10.2. The lowest BCUT2D eigenvalue weighted by molar-refractivity contribution is 0.960. The summed E-state index contributed by atoms with van der Waals surface area (Å²) in [6, 6.07) is 8.01. The second-order valence-corrected chi connectivity index (χ2v) is 4.33. The number of nitrogens with zero attached hydrogens (tertiary/aromatic N) is 1. The predicted octanol–water partition coefficient (Wildman–Crippen LogP) is 2.94. The van der Waals surface area contributed by atoms with Gasteiger partial charge in [-0.3, -0.25) is 0 Å². The molecular formula is C13H15ClN2. The van der Waals surface area contributed by atoms with Crippen molar-refractivity contribution in [1.82, 2.24) is 4.57 Å². The lowest BCUT2D eigenvalue weighted by Gasteiger charge is -2.07. The van der Waals surface area contributed by atoms with Gasteiger partial charge in [0.25, 0.3) is 0 Å². The molecule has 0 unspecified atom stereocenters. The molecule has 1 heterocycles. The number of benzene rings is 1. The topological polar surface area (TPSA) is 30.9 Å². The van der Waals surface area contributed by atoms with Crippen molar-refractivity contribution in [2.75, 3.05) is 6.54 Å². The van der Waals surface area contributed by atoms with Crippen LogP contribution in [0.15, 0.2) is 36.7 Å². The van der Waals surface area contributed by atoms with Crippen molar-refractivity contribution in [3.8, 4) is 5.69 Å². The highest BCUT2D eigenvalue weighted by molar-refractivity contribution is 6.30. The molecule has 2 N–H and O–H groups in total. The molecule has 2 nitrogen and oxygen atoms in total. The van der Waals surface area contributed by atoms with Gasteiger partial charge in [0.05, 0.1) is 0 Å². The van der Waals surface area contributed by atoms with Crippen LogP contribution in [0, 0.1) is 6.92 Å². The zero-order valence-corrected chi connectivity index (χ0v) is 10.0. The Balaban J connectivity index is 2.35. The zero-order chi connectivity index (χ0) is 11.5. The molecule has 2 rings (SSSR count). The van der Waals surface area contributed by atoms with Gasteiger partial charge >= 0.3 is 0 Å².